The summed E-state index contributed by atoms with van der Waals surface area (Å²) in [7, 11) is 0. The van der Waals surface area contributed by atoms with Crippen molar-refractivity contribution in [3.63, 3.8) is 0 Å². The molecule has 0 atom stereocenters. The number of esters is 1. The highest BCUT2D eigenvalue weighted by molar-refractivity contribution is 14.1. The number of benzene rings is 3. The molecule has 0 N–H and O–H groups in total. The number of rotatable bonds is 5. The van der Waals surface area contributed by atoms with Crippen LogP contribution in [0.25, 0.3) is 6.08 Å². The van der Waals surface area contributed by atoms with Crippen molar-refractivity contribution in [3.05, 3.63) is 103 Å². The topological polar surface area (TPSA) is 47.9 Å². The van der Waals surface area contributed by atoms with Gasteiger partial charge in [0.2, 0.25) is 5.90 Å². The predicted molar refractivity (Wildman–Crippen MR) is 127 cm³/mol. The summed E-state index contributed by atoms with van der Waals surface area (Å²) in [5.74, 6) is 0.306. The Morgan fingerprint density at radius 3 is 2.67 bits per heavy atom. The van der Waals surface area contributed by atoms with E-state index in [1.165, 1.54) is 0 Å². The van der Waals surface area contributed by atoms with Crippen LogP contribution in [0.5, 0.6) is 5.75 Å². The summed E-state index contributed by atoms with van der Waals surface area (Å²) in [6.45, 7) is 0.457. The molecule has 0 radical (unpaired) electrons. The number of nitrogens with zero attached hydrogens (tertiary/aromatic N) is 1. The number of cyclic esters (lactones) is 1. The molecule has 7 heteroatoms. The van der Waals surface area contributed by atoms with Gasteiger partial charge in [-0.05, 0) is 70.6 Å². The van der Waals surface area contributed by atoms with E-state index >= 15 is 0 Å². The van der Waals surface area contributed by atoms with E-state index in [0.29, 0.717) is 28.0 Å². The number of hydrogen-bond acceptors (Lipinski definition) is 4. The molecule has 0 saturated carbocycles. The van der Waals surface area contributed by atoms with E-state index in [1.807, 2.05) is 48.5 Å². The summed E-state index contributed by atoms with van der Waals surface area (Å²) >= 11 is 14.4. The van der Waals surface area contributed by atoms with Gasteiger partial charge in [0, 0.05) is 14.2 Å². The van der Waals surface area contributed by atoms with Gasteiger partial charge in [0.15, 0.2) is 5.70 Å². The fourth-order valence-corrected chi connectivity index (χ4v) is 3.85. The number of carbonyl (C=O) groups is 1. The maximum absolute atomic E-state index is 12.3. The molecule has 30 heavy (non-hydrogen) atoms. The van der Waals surface area contributed by atoms with Crippen LogP contribution >= 0.6 is 45.8 Å². The molecule has 1 heterocycles. The van der Waals surface area contributed by atoms with Crippen LogP contribution < -0.4 is 4.74 Å². The summed E-state index contributed by atoms with van der Waals surface area (Å²) in [6, 6.07) is 20.4. The molecule has 0 fully saturated rings. The zero-order valence-electron chi connectivity index (χ0n) is 15.4. The smallest absolute Gasteiger partial charge is 0.363 e. The van der Waals surface area contributed by atoms with Crippen molar-refractivity contribution in [1.82, 2.24) is 0 Å². The second kappa shape index (κ2) is 9.20. The van der Waals surface area contributed by atoms with Gasteiger partial charge in [0.25, 0.3) is 0 Å². The van der Waals surface area contributed by atoms with E-state index in [2.05, 4.69) is 27.6 Å². The van der Waals surface area contributed by atoms with Crippen LogP contribution in [0.2, 0.25) is 10.0 Å². The Kier molecular flexibility index (Phi) is 6.41. The first kappa shape index (κ1) is 20.9. The highest BCUT2D eigenvalue weighted by atomic mass is 127. The molecule has 0 unspecified atom stereocenters. The lowest BCUT2D eigenvalue weighted by Crippen LogP contribution is -2.05. The van der Waals surface area contributed by atoms with Gasteiger partial charge in [-0.2, -0.15) is 0 Å². The monoisotopic (exact) mass is 549 g/mol. The SMILES string of the molecule is O=C1OC(c2ccc(Cl)cc2Cl)=N/C1=C\c1cccc(OCc2ccccc2I)c1. The van der Waals surface area contributed by atoms with Gasteiger partial charge in [0.05, 0.1) is 10.6 Å². The molecule has 3 aromatic rings. The van der Waals surface area contributed by atoms with Gasteiger partial charge in [-0.1, -0.05) is 53.5 Å². The summed E-state index contributed by atoms with van der Waals surface area (Å²) < 4.78 is 12.3. The first-order valence-corrected chi connectivity index (χ1v) is 10.8. The maximum Gasteiger partial charge on any atom is 0.363 e. The van der Waals surface area contributed by atoms with E-state index in [-0.39, 0.29) is 11.6 Å². The van der Waals surface area contributed by atoms with E-state index in [9.17, 15) is 4.79 Å². The Bertz CT molecular complexity index is 1190. The van der Waals surface area contributed by atoms with Crippen molar-refractivity contribution >= 4 is 63.7 Å². The molecule has 1 aliphatic heterocycles. The summed E-state index contributed by atoms with van der Waals surface area (Å²) in [4.78, 5) is 16.6. The van der Waals surface area contributed by atoms with Crippen molar-refractivity contribution in [2.45, 2.75) is 6.61 Å². The van der Waals surface area contributed by atoms with E-state index in [4.69, 9.17) is 32.7 Å². The standard InChI is InChI=1S/C23H14Cl2INO3/c24-16-8-9-18(19(25)12-16)22-27-21(23(28)30-22)11-14-4-3-6-17(10-14)29-13-15-5-1-2-7-20(15)26/h1-12H,13H2/b21-11-. The fraction of sp³-hybridized carbons (Fsp3) is 0.0435. The lowest BCUT2D eigenvalue weighted by atomic mass is 10.2. The molecule has 3 aromatic carbocycles. The lowest BCUT2D eigenvalue weighted by Gasteiger charge is -2.08. The van der Waals surface area contributed by atoms with Crippen molar-refractivity contribution in [1.29, 1.82) is 0 Å². The second-order valence-electron chi connectivity index (χ2n) is 6.41. The highest BCUT2D eigenvalue weighted by Gasteiger charge is 2.25. The third kappa shape index (κ3) is 4.86. The second-order valence-corrected chi connectivity index (χ2v) is 8.42. The van der Waals surface area contributed by atoms with Gasteiger partial charge >= 0.3 is 5.97 Å². The zero-order valence-corrected chi connectivity index (χ0v) is 19.1. The first-order valence-electron chi connectivity index (χ1n) is 8.94. The van der Waals surface area contributed by atoms with Crippen molar-refractivity contribution in [2.24, 2.45) is 4.99 Å². The summed E-state index contributed by atoms with van der Waals surface area (Å²) in [5.41, 5.74) is 2.57. The van der Waals surface area contributed by atoms with Crippen LogP contribution in [-0.4, -0.2) is 11.9 Å². The Labute approximate surface area is 197 Å². The molecule has 0 amide bonds. The fourth-order valence-electron chi connectivity index (χ4n) is 2.82. The average molecular weight is 550 g/mol. The normalized spacial score (nSPS) is 14.6. The van der Waals surface area contributed by atoms with Crippen molar-refractivity contribution < 1.29 is 14.3 Å². The largest absolute Gasteiger partial charge is 0.489 e. The molecular weight excluding hydrogens is 536 g/mol. The minimum Gasteiger partial charge on any atom is -0.489 e. The Balaban J connectivity index is 1.54. The van der Waals surface area contributed by atoms with Crippen LogP contribution in [0.3, 0.4) is 0 Å². The predicted octanol–water partition coefficient (Wildman–Crippen LogP) is 6.52. The van der Waals surface area contributed by atoms with Crippen molar-refractivity contribution in [2.75, 3.05) is 0 Å². The molecule has 0 aliphatic carbocycles. The quantitative estimate of drug-likeness (QED) is 0.207. The van der Waals surface area contributed by atoms with E-state index in [1.54, 1.807) is 24.3 Å². The summed E-state index contributed by atoms with van der Waals surface area (Å²) in [6.07, 6.45) is 1.65. The Morgan fingerprint density at radius 2 is 1.87 bits per heavy atom. The third-order valence-electron chi connectivity index (χ3n) is 4.30. The average Bonchev–Trinajstić information content (AvgIpc) is 3.07. The van der Waals surface area contributed by atoms with Crippen molar-refractivity contribution in [3.8, 4) is 5.75 Å². The molecule has 150 valence electrons. The minimum atomic E-state index is -0.541. The third-order valence-corrected chi connectivity index (χ3v) is 5.90. The van der Waals surface area contributed by atoms with E-state index in [0.717, 1.165) is 14.7 Å². The van der Waals surface area contributed by atoms with Crippen LogP contribution in [0.4, 0.5) is 0 Å². The molecule has 0 aromatic heterocycles. The first-order chi connectivity index (χ1) is 14.5. The van der Waals surface area contributed by atoms with Gasteiger partial charge < -0.3 is 9.47 Å². The zero-order chi connectivity index (χ0) is 21.1. The van der Waals surface area contributed by atoms with E-state index < -0.39 is 5.97 Å². The molecular formula is C23H14Cl2INO3. The highest BCUT2D eigenvalue weighted by Crippen LogP contribution is 2.27. The number of aliphatic imine (C=N–C) groups is 1. The molecule has 0 bridgehead atoms. The molecule has 0 saturated heterocycles. The molecule has 0 spiro atoms. The van der Waals surface area contributed by atoms with Crippen LogP contribution in [0.1, 0.15) is 16.7 Å². The van der Waals surface area contributed by atoms with Gasteiger partial charge in [-0.3, -0.25) is 0 Å². The van der Waals surface area contributed by atoms with Gasteiger partial charge in [-0.25, -0.2) is 9.79 Å². The van der Waals surface area contributed by atoms with Crippen LogP contribution in [0.15, 0.2) is 77.4 Å². The van der Waals surface area contributed by atoms with Gasteiger partial charge in [0.1, 0.15) is 12.4 Å². The number of halogens is 3. The molecule has 4 rings (SSSR count). The van der Waals surface area contributed by atoms with Crippen LogP contribution in [-0.2, 0) is 16.1 Å². The number of carbonyl (C=O) groups excluding carboxylic acids is 1. The molecule has 1 aliphatic rings. The van der Waals surface area contributed by atoms with Crippen LogP contribution in [0, 0.1) is 3.57 Å². The minimum absolute atomic E-state index is 0.152. The Hall–Kier alpha value is -2.35. The van der Waals surface area contributed by atoms with Gasteiger partial charge in [-0.15, -0.1) is 0 Å². The maximum atomic E-state index is 12.3. The molecule has 4 nitrogen and oxygen atoms in total. The lowest BCUT2D eigenvalue weighted by molar-refractivity contribution is -0.129. The Morgan fingerprint density at radius 1 is 1.03 bits per heavy atom. The number of hydrogen-bond donors (Lipinski definition) is 0. The number of ether oxygens (including phenoxy) is 2. The summed E-state index contributed by atoms with van der Waals surface area (Å²) in [5, 5.41) is 0.854.